The summed E-state index contributed by atoms with van der Waals surface area (Å²) in [6.07, 6.45) is 1.76. The summed E-state index contributed by atoms with van der Waals surface area (Å²) in [4.78, 5) is 13.3. The zero-order valence-electron chi connectivity index (χ0n) is 9.89. The molecule has 1 amide bonds. The number of nitrogens with one attached hydrogen (secondary N) is 1. The van der Waals surface area contributed by atoms with Gasteiger partial charge in [-0.1, -0.05) is 0 Å². The smallest absolute Gasteiger partial charge is 0.274 e. The minimum absolute atomic E-state index is 0.0622. The average Bonchev–Trinajstić information content (AvgIpc) is 2.26. The molecule has 0 radical (unpaired) electrons. The van der Waals surface area contributed by atoms with Gasteiger partial charge in [0, 0.05) is 26.7 Å². The van der Waals surface area contributed by atoms with Gasteiger partial charge >= 0.3 is 0 Å². The Bertz CT molecular complexity index is 357. The van der Waals surface area contributed by atoms with E-state index >= 15 is 0 Å². The monoisotopic (exact) mass is 265 g/mol. The molecule has 100 valence electrons. The number of rotatable bonds is 5. The molecule has 0 aliphatic carbocycles. The second-order valence-electron chi connectivity index (χ2n) is 4.17. The van der Waals surface area contributed by atoms with Crippen molar-refractivity contribution in [2.45, 2.75) is 12.8 Å². The van der Waals surface area contributed by atoms with Crippen LogP contribution < -0.4 is 9.86 Å². The third-order valence-electron chi connectivity index (χ3n) is 2.71. The van der Waals surface area contributed by atoms with Crippen LogP contribution in [0.2, 0.25) is 0 Å². The van der Waals surface area contributed by atoms with Gasteiger partial charge in [-0.2, -0.15) is 8.42 Å². The van der Waals surface area contributed by atoms with E-state index in [1.165, 1.54) is 7.11 Å². The highest BCUT2D eigenvalue weighted by molar-refractivity contribution is 7.87. The fraction of sp³-hybridized carbons (Fsp3) is 0.889. The van der Waals surface area contributed by atoms with Gasteiger partial charge in [0.1, 0.15) is 6.61 Å². The predicted octanol–water partition coefficient (Wildman–Crippen LogP) is -1.34. The van der Waals surface area contributed by atoms with Crippen molar-refractivity contribution in [3.05, 3.63) is 0 Å². The summed E-state index contributed by atoms with van der Waals surface area (Å²) in [5, 5.41) is 4.86. The lowest BCUT2D eigenvalue weighted by Gasteiger charge is -2.32. The molecule has 7 nitrogen and oxygen atoms in total. The van der Waals surface area contributed by atoms with E-state index in [0.29, 0.717) is 13.1 Å². The number of nitrogens with two attached hydrogens (primary N) is 1. The largest absolute Gasteiger partial charge is 0.375 e. The first kappa shape index (κ1) is 14.4. The maximum Gasteiger partial charge on any atom is 0.274 e. The van der Waals surface area contributed by atoms with Crippen molar-refractivity contribution in [2.24, 2.45) is 11.1 Å². The molecule has 1 unspecified atom stereocenters. The molecule has 8 heteroatoms. The molecular formula is C9H19N3O4S. The van der Waals surface area contributed by atoms with Gasteiger partial charge < -0.3 is 9.64 Å². The molecule has 0 aromatic rings. The second kappa shape index (κ2) is 6.29. The van der Waals surface area contributed by atoms with Gasteiger partial charge in [0.15, 0.2) is 0 Å². The Hall–Kier alpha value is -0.700. The van der Waals surface area contributed by atoms with E-state index in [2.05, 4.69) is 4.72 Å². The molecule has 1 saturated heterocycles. The fourth-order valence-corrected chi connectivity index (χ4v) is 2.37. The van der Waals surface area contributed by atoms with Crippen LogP contribution in [0.5, 0.6) is 0 Å². The Labute approximate surface area is 101 Å². The predicted molar refractivity (Wildman–Crippen MR) is 62.3 cm³/mol. The van der Waals surface area contributed by atoms with Gasteiger partial charge in [-0.05, 0) is 18.8 Å². The number of amides is 1. The van der Waals surface area contributed by atoms with Crippen LogP contribution in [0.25, 0.3) is 0 Å². The molecule has 0 bridgehead atoms. The van der Waals surface area contributed by atoms with Crippen molar-refractivity contribution < 1.29 is 17.9 Å². The first-order valence-electron chi connectivity index (χ1n) is 5.46. The van der Waals surface area contributed by atoms with Crippen molar-refractivity contribution >= 4 is 16.1 Å². The summed E-state index contributed by atoms with van der Waals surface area (Å²) in [7, 11) is -2.18. The van der Waals surface area contributed by atoms with E-state index in [4.69, 9.17) is 9.88 Å². The minimum Gasteiger partial charge on any atom is -0.375 e. The molecule has 0 aromatic carbocycles. The Morgan fingerprint density at radius 1 is 1.59 bits per heavy atom. The Morgan fingerprint density at radius 2 is 2.29 bits per heavy atom. The highest BCUT2D eigenvalue weighted by Gasteiger charge is 2.23. The first-order valence-corrected chi connectivity index (χ1v) is 7.01. The molecule has 0 spiro atoms. The number of ether oxygens (including phenoxy) is 1. The third-order valence-corrected chi connectivity index (χ3v) is 3.28. The highest BCUT2D eigenvalue weighted by Crippen LogP contribution is 2.15. The van der Waals surface area contributed by atoms with Crippen LogP contribution in [-0.2, 0) is 19.7 Å². The number of hydrogen-bond donors (Lipinski definition) is 2. The van der Waals surface area contributed by atoms with Crippen LogP contribution in [0.15, 0.2) is 0 Å². The van der Waals surface area contributed by atoms with Crippen molar-refractivity contribution in [3.63, 3.8) is 0 Å². The van der Waals surface area contributed by atoms with Crippen LogP contribution in [0.1, 0.15) is 12.8 Å². The van der Waals surface area contributed by atoms with Gasteiger partial charge in [0.05, 0.1) is 0 Å². The average molecular weight is 265 g/mol. The van der Waals surface area contributed by atoms with E-state index in [1.807, 2.05) is 0 Å². The van der Waals surface area contributed by atoms with E-state index in [0.717, 1.165) is 12.8 Å². The number of likely N-dealkylation sites (tertiary alicyclic amines) is 1. The molecule has 1 aliphatic rings. The summed E-state index contributed by atoms with van der Waals surface area (Å²) in [5.74, 6) is 0.0516. The summed E-state index contributed by atoms with van der Waals surface area (Å²) >= 11 is 0. The normalized spacial score (nSPS) is 21.5. The number of carbonyl (C=O) groups is 1. The van der Waals surface area contributed by atoms with Gasteiger partial charge in [0.25, 0.3) is 10.2 Å². The molecule has 17 heavy (non-hydrogen) atoms. The molecule has 1 rings (SSSR count). The Kier molecular flexibility index (Phi) is 5.31. The lowest BCUT2D eigenvalue weighted by molar-refractivity contribution is -0.136. The lowest BCUT2D eigenvalue weighted by Crippen LogP contribution is -2.45. The summed E-state index contributed by atoms with van der Waals surface area (Å²) in [6.45, 7) is 1.59. The van der Waals surface area contributed by atoms with Gasteiger partial charge in [-0.3, -0.25) is 4.79 Å². The summed E-state index contributed by atoms with van der Waals surface area (Å²) < 4.78 is 28.6. The summed E-state index contributed by atoms with van der Waals surface area (Å²) in [5.41, 5.74) is 0. The molecule has 3 N–H and O–H groups in total. The van der Waals surface area contributed by atoms with Crippen molar-refractivity contribution in [1.82, 2.24) is 9.62 Å². The number of hydrogen-bond acceptors (Lipinski definition) is 4. The number of piperidine rings is 1. The zero-order valence-corrected chi connectivity index (χ0v) is 10.7. The highest BCUT2D eigenvalue weighted by atomic mass is 32.2. The molecule has 1 atom stereocenters. The topological polar surface area (TPSA) is 102 Å². The molecular weight excluding hydrogens is 246 g/mol. The van der Waals surface area contributed by atoms with Gasteiger partial charge in [0.2, 0.25) is 5.91 Å². The third kappa shape index (κ3) is 5.44. The van der Waals surface area contributed by atoms with Gasteiger partial charge in [-0.15, -0.1) is 0 Å². The van der Waals surface area contributed by atoms with Crippen LogP contribution in [-0.4, -0.2) is 52.6 Å². The number of carbonyl (C=O) groups excluding carboxylic acids is 1. The standard InChI is InChI=1S/C9H19N3O4S/c1-16-7-9(13)12-4-2-3-8(6-12)5-11-17(10,14)15/h8,11H,2-7H2,1H3,(H2,10,14,15). The minimum atomic E-state index is -3.65. The van der Waals surface area contributed by atoms with E-state index in [9.17, 15) is 13.2 Å². The molecule has 1 aliphatic heterocycles. The molecule has 0 aromatic heterocycles. The number of nitrogens with zero attached hydrogens (tertiary/aromatic N) is 1. The van der Waals surface area contributed by atoms with E-state index in [-0.39, 0.29) is 25.0 Å². The fourth-order valence-electron chi connectivity index (χ4n) is 1.91. The maximum absolute atomic E-state index is 11.6. The molecule has 1 fully saturated rings. The van der Waals surface area contributed by atoms with Crippen molar-refractivity contribution in [1.29, 1.82) is 0 Å². The number of methoxy groups -OCH3 is 1. The van der Waals surface area contributed by atoms with Gasteiger partial charge in [-0.25, -0.2) is 9.86 Å². The zero-order chi connectivity index (χ0) is 12.9. The summed E-state index contributed by atoms with van der Waals surface area (Å²) in [6, 6.07) is 0. The lowest BCUT2D eigenvalue weighted by atomic mass is 9.98. The van der Waals surface area contributed by atoms with E-state index in [1.54, 1.807) is 4.90 Å². The van der Waals surface area contributed by atoms with Crippen LogP contribution in [0.3, 0.4) is 0 Å². The Balaban J connectivity index is 2.41. The quantitative estimate of drug-likeness (QED) is 0.642. The SMILES string of the molecule is COCC(=O)N1CCCC(CNS(N)(=O)=O)C1. The molecule has 0 saturated carbocycles. The maximum atomic E-state index is 11.6. The van der Waals surface area contributed by atoms with Crippen molar-refractivity contribution in [2.75, 3.05) is 33.4 Å². The van der Waals surface area contributed by atoms with E-state index < -0.39 is 10.2 Å². The van der Waals surface area contributed by atoms with Crippen LogP contribution in [0.4, 0.5) is 0 Å². The molecule has 1 heterocycles. The Morgan fingerprint density at radius 3 is 2.88 bits per heavy atom. The van der Waals surface area contributed by atoms with Crippen molar-refractivity contribution in [3.8, 4) is 0 Å². The first-order chi connectivity index (χ1) is 7.92. The second-order valence-corrected chi connectivity index (χ2v) is 5.55. The van der Waals surface area contributed by atoms with Crippen LogP contribution >= 0.6 is 0 Å². The van der Waals surface area contributed by atoms with Crippen LogP contribution in [0, 0.1) is 5.92 Å².